The van der Waals surface area contributed by atoms with Gasteiger partial charge in [0.25, 0.3) is 0 Å². The van der Waals surface area contributed by atoms with Gasteiger partial charge in [-0.1, -0.05) is 13.8 Å². The van der Waals surface area contributed by atoms with Gasteiger partial charge >= 0.3 is 0 Å². The molecule has 6 unspecified atom stereocenters. The van der Waals surface area contributed by atoms with Gasteiger partial charge < -0.3 is 59.5 Å². The van der Waals surface area contributed by atoms with E-state index in [0.29, 0.717) is 19.4 Å². The molecule has 270 valence electrons. The van der Waals surface area contributed by atoms with E-state index in [9.17, 15) is 38.7 Å². The first-order chi connectivity index (χ1) is 22.2. The van der Waals surface area contributed by atoms with Crippen molar-refractivity contribution >= 4 is 41.9 Å². The second-order valence-corrected chi connectivity index (χ2v) is 11.5. The number of carbonyl (C=O) groups is 7. The molecule has 0 saturated heterocycles. The molecule has 0 aliphatic carbocycles. The van der Waals surface area contributed by atoms with Crippen molar-refractivity contribution in [2.24, 2.45) is 23.1 Å². The highest BCUT2D eigenvalue weighted by atomic mass is 16.3. The summed E-state index contributed by atoms with van der Waals surface area (Å²) in [4.78, 5) is 87.3. The summed E-state index contributed by atoms with van der Waals surface area (Å²) in [6, 6.07) is -5.44. The Bertz CT molecular complexity index is 1010. The molecule has 0 radical (unpaired) electrons. The van der Waals surface area contributed by atoms with Gasteiger partial charge in [-0.05, 0) is 71.5 Å². The Balaban J connectivity index is 5.30. The van der Waals surface area contributed by atoms with E-state index < -0.39 is 65.8 Å². The summed E-state index contributed by atoms with van der Waals surface area (Å²) in [7, 11) is 0. The smallest absolute Gasteiger partial charge is 0.245 e. The molecule has 0 rings (SSSR count). The fraction of sp³-hybridized carbons (Fsp3) is 0.759. The predicted octanol–water partition coefficient (Wildman–Crippen LogP) is -4.45. The number of likely N-dealkylation sites (N-methyl/N-ethyl adjacent to an activating group) is 1. The van der Waals surface area contributed by atoms with Gasteiger partial charge in [-0.15, -0.1) is 0 Å². The lowest BCUT2D eigenvalue weighted by Crippen LogP contribution is -2.60. The van der Waals surface area contributed by atoms with Crippen LogP contribution in [0.2, 0.25) is 0 Å². The van der Waals surface area contributed by atoms with Gasteiger partial charge in [-0.3, -0.25) is 33.6 Å². The van der Waals surface area contributed by atoms with Crippen LogP contribution in [0.1, 0.15) is 66.2 Å². The molecule has 0 spiro atoms. The molecule has 0 aromatic heterocycles. The van der Waals surface area contributed by atoms with Gasteiger partial charge in [-0.2, -0.15) is 0 Å². The van der Waals surface area contributed by atoms with Crippen LogP contribution in [0.4, 0.5) is 0 Å². The molecule has 14 N–H and O–H groups in total. The topological polar surface area (TPSA) is 302 Å². The van der Waals surface area contributed by atoms with Gasteiger partial charge in [0.05, 0.1) is 6.10 Å². The summed E-state index contributed by atoms with van der Waals surface area (Å²) < 4.78 is 0. The van der Waals surface area contributed by atoms with Crippen LogP contribution in [0, 0.1) is 5.92 Å². The minimum atomic E-state index is -1.41. The van der Waals surface area contributed by atoms with Crippen LogP contribution in [-0.2, 0) is 33.6 Å². The highest BCUT2D eigenvalue weighted by Gasteiger charge is 2.32. The monoisotopic (exact) mass is 672 g/mol. The van der Waals surface area contributed by atoms with Crippen molar-refractivity contribution in [3.63, 3.8) is 0 Å². The zero-order valence-electron chi connectivity index (χ0n) is 27.9. The molecule has 0 heterocycles. The van der Waals surface area contributed by atoms with Crippen LogP contribution in [-0.4, -0.2) is 116 Å². The number of nitrogens with one attached hydrogen (secondary N) is 7. The number of aliphatic hydroxyl groups is 1. The van der Waals surface area contributed by atoms with E-state index in [1.165, 1.54) is 6.92 Å². The molecule has 0 aromatic rings. The largest absolute Gasteiger partial charge is 0.391 e. The molecule has 47 heavy (non-hydrogen) atoms. The van der Waals surface area contributed by atoms with E-state index in [2.05, 4.69) is 37.2 Å². The van der Waals surface area contributed by atoms with E-state index in [4.69, 9.17) is 17.2 Å². The number of aliphatic hydroxyl groups excluding tert-OH is 1. The Kier molecular flexibility index (Phi) is 22.3. The van der Waals surface area contributed by atoms with Crippen LogP contribution in [0.3, 0.4) is 0 Å². The number of amides is 7. The Morgan fingerprint density at radius 3 is 1.62 bits per heavy atom. The van der Waals surface area contributed by atoms with E-state index in [1.54, 1.807) is 6.92 Å². The van der Waals surface area contributed by atoms with E-state index >= 15 is 0 Å². The first-order valence-corrected chi connectivity index (χ1v) is 16.0. The Morgan fingerprint density at radius 1 is 0.681 bits per heavy atom. The molecule has 0 aliphatic heterocycles. The number of hydrogen-bond acceptors (Lipinski definition) is 11. The summed E-state index contributed by atoms with van der Waals surface area (Å²) in [5, 5.41) is 28.0. The van der Waals surface area contributed by atoms with Gasteiger partial charge in [0.1, 0.15) is 30.2 Å². The van der Waals surface area contributed by atoms with Gasteiger partial charge in [0.2, 0.25) is 41.9 Å². The van der Waals surface area contributed by atoms with Crippen LogP contribution in [0.15, 0.2) is 0 Å². The molecule has 18 nitrogen and oxygen atoms in total. The Morgan fingerprint density at radius 2 is 1.17 bits per heavy atom. The van der Waals surface area contributed by atoms with Crippen LogP contribution in [0.25, 0.3) is 0 Å². The van der Waals surface area contributed by atoms with Crippen LogP contribution < -0.4 is 54.4 Å². The maximum atomic E-state index is 13.2. The van der Waals surface area contributed by atoms with Gasteiger partial charge in [0.15, 0.2) is 0 Å². The molecule has 0 saturated carbocycles. The molecular formula is C29H56N10O8. The van der Waals surface area contributed by atoms with Crippen molar-refractivity contribution in [1.82, 2.24) is 37.2 Å². The van der Waals surface area contributed by atoms with E-state index in [0.717, 1.165) is 0 Å². The molecule has 18 heteroatoms. The number of rotatable bonds is 25. The number of carbonyl (C=O) groups excluding carboxylic acids is 7. The third-order valence-electron chi connectivity index (χ3n) is 6.87. The molecular weight excluding hydrogens is 616 g/mol. The van der Waals surface area contributed by atoms with Crippen molar-refractivity contribution in [3.05, 3.63) is 0 Å². The predicted molar refractivity (Wildman–Crippen MR) is 174 cm³/mol. The fourth-order valence-electron chi connectivity index (χ4n) is 4.45. The average Bonchev–Trinajstić information content (AvgIpc) is 3.00. The Labute approximate surface area is 276 Å². The zero-order valence-corrected chi connectivity index (χ0v) is 27.9. The first-order valence-electron chi connectivity index (χ1n) is 16.0. The second kappa shape index (κ2) is 24.3. The molecule has 0 bridgehead atoms. The van der Waals surface area contributed by atoms with Crippen molar-refractivity contribution in [1.29, 1.82) is 0 Å². The molecule has 0 aliphatic rings. The molecule has 6 atom stereocenters. The molecule has 7 amide bonds. The fourth-order valence-corrected chi connectivity index (χ4v) is 4.45. The molecule has 0 aromatic carbocycles. The van der Waals surface area contributed by atoms with Crippen molar-refractivity contribution in [2.75, 3.05) is 32.7 Å². The minimum absolute atomic E-state index is 0.0129. The van der Waals surface area contributed by atoms with Crippen LogP contribution in [0.5, 0.6) is 0 Å². The van der Waals surface area contributed by atoms with Crippen molar-refractivity contribution in [2.45, 2.75) is 103 Å². The normalized spacial score (nSPS) is 14.7. The quantitative estimate of drug-likeness (QED) is 0.0325. The van der Waals surface area contributed by atoms with E-state index in [1.807, 2.05) is 13.8 Å². The summed E-state index contributed by atoms with van der Waals surface area (Å²) in [6.45, 7) is 7.39. The minimum Gasteiger partial charge on any atom is -0.391 e. The lowest BCUT2D eigenvalue weighted by Gasteiger charge is -2.27. The third-order valence-corrected chi connectivity index (χ3v) is 6.87. The van der Waals surface area contributed by atoms with Gasteiger partial charge in [0, 0.05) is 19.5 Å². The summed E-state index contributed by atoms with van der Waals surface area (Å²) in [6.07, 6.45) is -0.178. The lowest BCUT2D eigenvalue weighted by molar-refractivity contribution is -0.135. The number of hydrogen-bond donors (Lipinski definition) is 11. The highest BCUT2D eigenvalue weighted by molar-refractivity contribution is 5.95. The van der Waals surface area contributed by atoms with E-state index in [-0.39, 0.29) is 70.1 Å². The number of nitrogens with two attached hydrogens (primary N) is 3. The summed E-state index contributed by atoms with van der Waals surface area (Å²) in [5.41, 5.74) is 16.8. The van der Waals surface area contributed by atoms with Crippen molar-refractivity contribution in [3.8, 4) is 0 Å². The second-order valence-electron chi connectivity index (χ2n) is 11.5. The van der Waals surface area contributed by atoms with Crippen LogP contribution >= 0.6 is 0 Å². The van der Waals surface area contributed by atoms with Crippen molar-refractivity contribution < 1.29 is 38.7 Å². The Hall–Kier alpha value is -3.87. The average molecular weight is 673 g/mol. The molecule has 0 fully saturated rings. The maximum Gasteiger partial charge on any atom is 0.245 e. The third kappa shape index (κ3) is 17.6. The standard InChI is InChI=1S/C29H56N10O8/c1-5-33-25(43)19(8-11-30)36-23(42)7-6-14-34-29(47)24(18(4)41)39-27(45)21(10-13-32)37-26(44)20(9-12-31)38-28(46)22(35-16-40)15-17(2)3/h16-22,24,41H,5-15,30-32H2,1-4H3,(H,33,43)(H,34,47)(H,35,40)(H,36,42)(H,37,44)(H,38,46)(H,39,45). The highest BCUT2D eigenvalue weighted by Crippen LogP contribution is 2.06. The zero-order chi connectivity index (χ0) is 35.9. The first kappa shape index (κ1) is 43.1. The maximum absolute atomic E-state index is 13.2. The summed E-state index contributed by atoms with van der Waals surface area (Å²) >= 11 is 0. The van der Waals surface area contributed by atoms with Gasteiger partial charge in [-0.25, -0.2) is 0 Å². The SMILES string of the molecule is CCNC(=O)C(CCN)NC(=O)CCCNC(=O)C(NC(=O)C(CCN)NC(=O)C(CCN)NC(=O)C(CC(C)C)NC=O)C(C)O. The lowest BCUT2D eigenvalue weighted by atomic mass is 10.0. The summed E-state index contributed by atoms with van der Waals surface area (Å²) in [5.74, 6) is -3.56.